The van der Waals surface area contributed by atoms with Crippen LogP contribution in [0.25, 0.3) is 0 Å². The average molecular weight is 475 g/mol. The van der Waals surface area contributed by atoms with Crippen LogP contribution in [0.15, 0.2) is 46.3 Å². The number of amides is 1. The van der Waals surface area contributed by atoms with Gasteiger partial charge in [0, 0.05) is 10.8 Å². The maximum absolute atomic E-state index is 12.5. The molecule has 0 saturated heterocycles. The molecule has 3 heterocycles. The monoisotopic (exact) mass is 475 g/mol. The molecule has 0 radical (unpaired) electrons. The van der Waals surface area contributed by atoms with Crippen molar-refractivity contribution in [2.75, 3.05) is 5.32 Å². The van der Waals surface area contributed by atoms with Gasteiger partial charge in [0.05, 0.1) is 11.1 Å². The summed E-state index contributed by atoms with van der Waals surface area (Å²) in [5, 5.41) is 2.73. The predicted molar refractivity (Wildman–Crippen MR) is 119 cm³/mol. The number of Topliss-reactive ketones (excluding diaryl/α,β-unsaturated/α-hetero) is 1. The normalized spacial score (nSPS) is 17.3. The van der Waals surface area contributed by atoms with Crippen LogP contribution in [0.4, 0.5) is 10.5 Å². The van der Waals surface area contributed by atoms with E-state index in [4.69, 9.17) is 18.6 Å². The Bertz CT molecular complexity index is 1440. The minimum absolute atomic E-state index is 0.00168. The molecule has 34 heavy (non-hydrogen) atoms. The molecule has 1 N–H and O–H groups in total. The zero-order valence-corrected chi connectivity index (χ0v) is 18.9. The summed E-state index contributed by atoms with van der Waals surface area (Å²) in [5.41, 5.74) is 1.18. The van der Waals surface area contributed by atoms with Crippen LogP contribution in [0, 0.1) is 24.2 Å². The Morgan fingerprint density at radius 1 is 1.24 bits per heavy atom. The summed E-state index contributed by atoms with van der Waals surface area (Å²) >= 11 is 1.20. The standard InChI is InChI=1S/C24H17N3O6S/c1-12(14-6-4-3-5-7-14)30-23(29)26-17-13(2)34-27-15(17)8-9-16-25-21-22(31-16)32-18-19(28)24(10-11-24)20(18)33-21/h3-7,12H,10-11H2,1-2H3,(H,26,29). The van der Waals surface area contributed by atoms with Crippen molar-refractivity contribution in [3.8, 4) is 23.7 Å². The van der Waals surface area contributed by atoms with Crippen molar-refractivity contribution in [2.45, 2.75) is 32.8 Å². The molecule has 6 rings (SSSR count). The van der Waals surface area contributed by atoms with Crippen molar-refractivity contribution in [2.24, 2.45) is 5.41 Å². The second-order valence-corrected chi connectivity index (χ2v) is 9.16. The number of carbonyl (C=O) groups excluding carboxylic acids is 2. The minimum Gasteiger partial charge on any atom is -0.441 e. The lowest BCUT2D eigenvalue weighted by atomic mass is 9.84. The molecule has 1 amide bonds. The van der Waals surface area contributed by atoms with Crippen molar-refractivity contribution in [3.05, 3.63) is 63.9 Å². The molecule has 2 aromatic heterocycles. The number of allylic oxidation sites excluding steroid dienone is 2. The second kappa shape index (κ2) is 7.46. The molecule has 1 spiro atoms. The number of fused-ring (bicyclic) bond motifs is 2. The van der Waals surface area contributed by atoms with Gasteiger partial charge in [0.2, 0.25) is 11.5 Å². The highest BCUT2D eigenvalue weighted by Crippen LogP contribution is 2.63. The van der Waals surface area contributed by atoms with Crippen LogP contribution >= 0.6 is 11.5 Å². The molecule has 1 atom stereocenters. The third kappa shape index (κ3) is 3.24. The number of benzene rings is 1. The van der Waals surface area contributed by atoms with Gasteiger partial charge in [-0.15, -0.1) is 0 Å². The zero-order valence-electron chi connectivity index (χ0n) is 18.1. The number of anilines is 1. The molecule has 170 valence electrons. The fourth-order valence-corrected chi connectivity index (χ4v) is 4.46. The van der Waals surface area contributed by atoms with Crippen LogP contribution < -0.4 is 14.8 Å². The van der Waals surface area contributed by atoms with Gasteiger partial charge in [-0.1, -0.05) is 30.3 Å². The Kier molecular flexibility index (Phi) is 4.50. The van der Waals surface area contributed by atoms with Crippen LogP contribution in [0.2, 0.25) is 0 Å². The number of ether oxygens (including phenoxy) is 3. The first-order chi connectivity index (χ1) is 16.4. The zero-order chi connectivity index (χ0) is 23.4. The Morgan fingerprint density at radius 2 is 2.03 bits per heavy atom. The van der Waals surface area contributed by atoms with Crippen LogP contribution in [-0.4, -0.2) is 21.2 Å². The van der Waals surface area contributed by atoms with E-state index in [-0.39, 0.29) is 29.3 Å². The van der Waals surface area contributed by atoms with Gasteiger partial charge < -0.3 is 18.6 Å². The van der Waals surface area contributed by atoms with Gasteiger partial charge in [0.25, 0.3) is 5.89 Å². The van der Waals surface area contributed by atoms with E-state index in [0.717, 1.165) is 23.3 Å². The molecular weight excluding hydrogens is 458 g/mol. The molecule has 0 bridgehead atoms. The third-order valence-electron chi connectivity index (χ3n) is 5.92. The fourth-order valence-electron chi connectivity index (χ4n) is 3.86. The van der Waals surface area contributed by atoms with Crippen LogP contribution in [-0.2, 0) is 9.53 Å². The summed E-state index contributed by atoms with van der Waals surface area (Å²) in [7, 11) is 0. The van der Waals surface area contributed by atoms with Crippen molar-refractivity contribution in [1.29, 1.82) is 0 Å². The number of ketones is 1. The Labute approximate surface area is 197 Å². The summed E-state index contributed by atoms with van der Waals surface area (Å²) in [6.07, 6.45) is 0.493. The van der Waals surface area contributed by atoms with E-state index in [9.17, 15) is 9.59 Å². The highest BCUT2D eigenvalue weighted by Gasteiger charge is 2.67. The van der Waals surface area contributed by atoms with Crippen molar-refractivity contribution in [1.82, 2.24) is 9.36 Å². The summed E-state index contributed by atoms with van der Waals surface area (Å²) in [4.78, 5) is 29.6. The number of oxazole rings is 1. The van der Waals surface area contributed by atoms with Crippen molar-refractivity contribution in [3.63, 3.8) is 0 Å². The summed E-state index contributed by atoms with van der Waals surface area (Å²) in [5.74, 6) is 6.47. The highest BCUT2D eigenvalue weighted by atomic mass is 32.1. The third-order valence-corrected chi connectivity index (χ3v) is 6.67. The number of carbonyl (C=O) groups is 2. The van der Waals surface area contributed by atoms with E-state index >= 15 is 0 Å². The summed E-state index contributed by atoms with van der Waals surface area (Å²) in [6, 6.07) is 9.44. The van der Waals surface area contributed by atoms with Gasteiger partial charge in [-0.05, 0) is 49.7 Å². The first-order valence-electron chi connectivity index (χ1n) is 10.6. The SMILES string of the molecule is Cc1snc(C#Cc2nc3c(o2)OC2=C(O3)C3(CC3)C2=O)c1NC(=O)OC(C)c1ccccc1. The number of aromatic nitrogens is 2. The minimum atomic E-state index is -0.612. The van der Waals surface area contributed by atoms with Crippen LogP contribution in [0.3, 0.4) is 0 Å². The predicted octanol–water partition coefficient (Wildman–Crippen LogP) is 4.49. The number of hydrogen-bond acceptors (Lipinski definition) is 9. The first kappa shape index (κ1) is 20.5. The lowest BCUT2D eigenvalue weighted by molar-refractivity contribution is -0.127. The van der Waals surface area contributed by atoms with Crippen molar-refractivity contribution < 1.29 is 28.2 Å². The molecular formula is C24H17N3O6S. The molecule has 1 aliphatic heterocycles. The second-order valence-electron chi connectivity index (χ2n) is 8.18. The molecule has 3 aliphatic rings. The number of nitrogens with one attached hydrogen (secondary N) is 1. The van der Waals surface area contributed by atoms with Gasteiger partial charge >= 0.3 is 17.9 Å². The molecule has 1 unspecified atom stereocenters. The quantitative estimate of drug-likeness (QED) is 0.551. The van der Waals surface area contributed by atoms with Gasteiger partial charge in [-0.25, -0.2) is 4.79 Å². The van der Waals surface area contributed by atoms with E-state index in [1.54, 1.807) is 6.92 Å². The van der Waals surface area contributed by atoms with Gasteiger partial charge in [0.15, 0.2) is 11.5 Å². The number of hydrogen-bond donors (Lipinski definition) is 1. The maximum Gasteiger partial charge on any atom is 0.412 e. The molecule has 1 saturated carbocycles. The molecule has 3 aromatic rings. The molecule has 1 fully saturated rings. The van der Waals surface area contributed by atoms with Gasteiger partial charge in [0.1, 0.15) is 6.10 Å². The van der Waals surface area contributed by atoms with Crippen LogP contribution in [0.5, 0.6) is 11.8 Å². The Morgan fingerprint density at radius 3 is 2.79 bits per heavy atom. The maximum atomic E-state index is 12.5. The fraction of sp³-hybridized carbons (Fsp3) is 0.250. The Balaban J connectivity index is 1.16. The summed E-state index contributed by atoms with van der Waals surface area (Å²) < 4.78 is 26.5. The molecule has 10 heteroatoms. The lowest BCUT2D eigenvalue weighted by Gasteiger charge is -2.31. The molecule has 9 nitrogen and oxygen atoms in total. The number of rotatable bonds is 3. The largest absolute Gasteiger partial charge is 0.441 e. The van der Waals surface area contributed by atoms with Gasteiger partial charge in [-0.2, -0.15) is 9.36 Å². The van der Waals surface area contributed by atoms with E-state index in [1.165, 1.54) is 11.5 Å². The molecule has 1 aromatic carbocycles. The Hall–Kier alpha value is -4.10. The van der Waals surface area contributed by atoms with E-state index < -0.39 is 17.6 Å². The first-order valence-corrected chi connectivity index (χ1v) is 11.4. The van der Waals surface area contributed by atoms with E-state index in [0.29, 0.717) is 17.1 Å². The van der Waals surface area contributed by atoms with E-state index in [2.05, 4.69) is 26.5 Å². The smallest absolute Gasteiger partial charge is 0.412 e. The highest BCUT2D eigenvalue weighted by molar-refractivity contribution is 7.06. The molecule has 2 aliphatic carbocycles. The van der Waals surface area contributed by atoms with Crippen LogP contribution in [0.1, 0.15) is 47.9 Å². The lowest BCUT2D eigenvalue weighted by Crippen LogP contribution is -2.40. The average Bonchev–Trinajstić information content (AvgIpc) is 3.49. The number of aryl methyl sites for hydroxylation is 1. The summed E-state index contributed by atoms with van der Waals surface area (Å²) in [6.45, 7) is 3.61. The topological polar surface area (TPSA) is 113 Å². The van der Waals surface area contributed by atoms with Crippen molar-refractivity contribution >= 4 is 29.1 Å². The van der Waals surface area contributed by atoms with E-state index in [1.807, 2.05) is 37.3 Å². The number of nitrogens with zero attached hydrogens (tertiary/aromatic N) is 2. The van der Waals surface area contributed by atoms with Gasteiger partial charge in [-0.3, -0.25) is 10.1 Å².